The third kappa shape index (κ3) is 7.13. The predicted octanol–water partition coefficient (Wildman–Crippen LogP) is 9.35. The highest BCUT2D eigenvalue weighted by molar-refractivity contribution is 6.30. The Morgan fingerprint density at radius 3 is 1.62 bits per heavy atom. The first-order valence-electron chi connectivity index (χ1n) is 16.7. The largest absolute Gasteiger partial charge is 0.319 e. The highest BCUT2D eigenvalue weighted by Gasteiger charge is 2.38. The molecule has 1 aliphatic rings. The van der Waals surface area contributed by atoms with Gasteiger partial charge in [0.05, 0.1) is 12.0 Å². The van der Waals surface area contributed by atoms with Crippen LogP contribution in [0.4, 0.5) is 0 Å². The van der Waals surface area contributed by atoms with Crippen LogP contribution in [0.25, 0.3) is 0 Å². The van der Waals surface area contributed by atoms with Crippen LogP contribution in [0.3, 0.4) is 0 Å². The number of imidazole rings is 1. The van der Waals surface area contributed by atoms with Gasteiger partial charge in [-0.25, -0.2) is 4.98 Å². The highest BCUT2D eigenvalue weighted by atomic mass is 35.5. The summed E-state index contributed by atoms with van der Waals surface area (Å²) in [6.07, 6.45) is 6.20. The summed E-state index contributed by atoms with van der Waals surface area (Å²) in [6, 6.07) is 49.3. The van der Waals surface area contributed by atoms with Gasteiger partial charge in [0, 0.05) is 55.0 Å². The number of aromatic nitrogens is 2. The van der Waals surface area contributed by atoms with Gasteiger partial charge in [-0.3, -0.25) is 9.80 Å². The van der Waals surface area contributed by atoms with Crippen molar-refractivity contribution in [2.75, 3.05) is 19.6 Å². The minimum Gasteiger partial charge on any atom is -0.319 e. The van der Waals surface area contributed by atoms with Crippen LogP contribution in [0.5, 0.6) is 0 Å². The summed E-state index contributed by atoms with van der Waals surface area (Å²) in [5.74, 6) is 0. The second kappa shape index (κ2) is 14.9. The van der Waals surface area contributed by atoms with Crippen molar-refractivity contribution in [3.63, 3.8) is 0 Å². The van der Waals surface area contributed by atoms with Crippen LogP contribution < -0.4 is 0 Å². The summed E-state index contributed by atoms with van der Waals surface area (Å²) >= 11 is 12.4. The van der Waals surface area contributed by atoms with E-state index < -0.39 is 5.54 Å². The van der Waals surface area contributed by atoms with Gasteiger partial charge in [0.25, 0.3) is 0 Å². The summed E-state index contributed by atoms with van der Waals surface area (Å²) < 4.78 is 2.32. The Hall–Kier alpha value is -4.19. The molecule has 0 N–H and O–H groups in total. The molecule has 1 atom stereocenters. The van der Waals surface area contributed by atoms with Crippen molar-refractivity contribution in [3.8, 4) is 0 Å². The number of piperazine rings is 1. The molecule has 0 bridgehead atoms. The fraction of sp³-hybridized carbons (Fsp3) is 0.214. The Kier molecular flexibility index (Phi) is 10.1. The molecule has 6 aromatic rings. The van der Waals surface area contributed by atoms with E-state index in [-0.39, 0.29) is 0 Å². The van der Waals surface area contributed by atoms with Crippen LogP contribution in [0.1, 0.15) is 39.9 Å². The van der Waals surface area contributed by atoms with Crippen LogP contribution in [0.15, 0.2) is 152 Å². The molecule has 0 saturated carbocycles. The zero-order valence-corrected chi connectivity index (χ0v) is 28.5. The molecule has 0 radical (unpaired) electrons. The lowest BCUT2D eigenvalue weighted by Gasteiger charge is -2.42. The molecule has 48 heavy (non-hydrogen) atoms. The SMILES string of the molecule is Clc1ccc(CN2CCN(Cc3ccc(Cl)cc3)C(CCc3cn(C(c4ccccc4)(c4ccccc4)c4ccccc4)cn3)C2)cc1. The van der Waals surface area contributed by atoms with E-state index in [1.165, 1.54) is 27.8 Å². The third-order valence-electron chi connectivity index (χ3n) is 9.64. The average molecular weight is 672 g/mol. The molecule has 1 aromatic heterocycles. The topological polar surface area (TPSA) is 24.3 Å². The second-order valence-corrected chi connectivity index (χ2v) is 13.6. The van der Waals surface area contributed by atoms with Gasteiger partial charge in [-0.2, -0.15) is 0 Å². The monoisotopic (exact) mass is 670 g/mol. The van der Waals surface area contributed by atoms with Gasteiger partial charge in [-0.1, -0.05) is 138 Å². The molecule has 1 fully saturated rings. The molecule has 6 heteroatoms. The first-order valence-corrected chi connectivity index (χ1v) is 17.5. The highest BCUT2D eigenvalue weighted by Crippen LogP contribution is 2.41. The summed E-state index contributed by atoms with van der Waals surface area (Å²) in [6.45, 7) is 4.86. The summed E-state index contributed by atoms with van der Waals surface area (Å²) in [7, 11) is 0. The van der Waals surface area contributed by atoms with E-state index in [4.69, 9.17) is 28.2 Å². The van der Waals surface area contributed by atoms with Gasteiger partial charge in [0.2, 0.25) is 0 Å². The zero-order chi connectivity index (χ0) is 32.8. The molecular weight excluding hydrogens is 631 g/mol. The van der Waals surface area contributed by atoms with Crippen LogP contribution in [-0.2, 0) is 25.0 Å². The second-order valence-electron chi connectivity index (χ2n) is 12.7. The minimum atomic E-state index is -0.560. The van der Waals surface area contributed by atoms with E-state index in [2.05, 4.69) is 136 Å². The maximum Gasteiger partial charge on any atom is 0.121 e. The number of hydrogen-bond acceptors (Lipinski definition) is 3. The number of nitrogens with zero attached hydrogens (tertiary/aromatic N) is 4. The Morgan fingerprint density at radius 2 is 1.10 bits per heavy atom. The van der Waals surface area contributed by atoms with Crippen LogP contribution in [0.2, 0.25) is 10.0 Å². The molecule has 0 spiro atoms. The number of halogens is 2. The van der Waals surface area contributed by atoms with Crippen molar-refractivity contribution in [2.45, 2.75) is 37.5 Å². The third-order valence-corrected chi connectivity index (χ3v) is 10.1. The minimum absolute atomic E-state index is 0.383. The Balaban J connectivity index is 1.17. The summed E-state index contributed by atoms with van der Waals surface area (Å²) in [4.78, 5) is 10.3. The Labute approximate surface area is 294 Å². The van der Waals surface area contributed by atoms with E-state index in [0.717, 1.165) is 61.3 Å². The normalized spacial score (nSPS) is 15.8. The lowest BCUT2D eigenvalue weighted by Crippen LogP contribution is -2.52. The zero-order valence-electron chi connectivity index (χ0n) is 27.0. The van der Waals surface area contributed by atoms with Crippen molar-refractivity contribution in [1.29, 1.82) is 0 Å². The van der Waals surface area contributed by atoms with Crippen molar-refractivity contribution in [3.05, 3.63) is 196 Å². The smallest absolute Gasteiger partial charge is 0.121 e. The van der Waals surface area contributed by atoms with Gasteiger partial charge < -0.3 is 4.57 Å². The molecule has 4 nitrogen and oxygen atoms in total. The predicted molar refractivity (Wildman–Crippen MR) is 198 cm³/mol. The van der Waals surface area contributed by atoms with Gasteiger partial charge in [-0.15, -0.1) is 0 Å². The van der Waals surface area contributed by atoms with E-state index in [0.29, 0.717) is 6.04 Å². The van der Waals surface area contributed by atoms with Gasteiger partial charge >= 0.3 is 0 Å². The molecule has 1 unspecified atom stereocenters. The van der Waals surface area contributed by atoms with E-state index in [1.54, 1.807) is 0 Å². The van der Waals surface area contributed by atoms with Crippen molar-refractivity contribution in [2.24, 2.45) is 0 Å². The molecular formula is C42H40Cl2N4. The van der Waals surface area contributed by atoms with Gasteiger partial charge in [-0.05, 0) is 64.9 Å². The quantitative estimate of drug-likeness (QED) is 0.128. The number of aryl methyl sites for hydroxylation is 1. The summed E-state index contributed by atoms with van der Waals surface area (Å²) in [5, 5.41) is 1.55. The first kappa shape index (κ1) is 32.4. The molecule has 0 aliphatic carbocycles. The number of rotatable bonds is 11. The first-order chi connectivity index (χ1) is 23.6. The van der Waals surface area contributed by atoms with Gasteiger partial charge in [0.1, 0.15) is 5.54 Å². The molecule has 5 aromatic carbocycles. The molecule has 2 heterocycles. The molecule has 1 saturated heterocycles. The molecule has 0 amide bonds. The Bertz CT molecular complexity index is 1780. The van der Waals surface area contributed by atoms with E-state index in [1.807, 2.05) is 30.6 Å². The van der Waals surface area contributed by atoms with Crippen molar-refractivity contribution in [1.82, 2.24) is 19.4 Å². The average Bonchev–Trinajstić information content (AvgIpc) is 3.61. The standard InChI is InChI=1S/C42H40Cl2N4/c43-38-20-16-33(17-21-38)28-46-26-27-47(29-34-18-22-39(44)23-19-34)41(31-46)25-24-40-30-48(32-45-40)42(35-10-4-1-5-11-35,36-12-6-2-7-13-36)37-14-8-3-9-15-37/h1-23,30,32,41H,24-29,31H2. The van der Waals surface area contributed by atoms with Crippen LogP contribution in [-0.4, -0.2) is 45.0 Å². The van der Waals surface area contributed by atoms with Crippen LogP contribution >= 0.6 is 23.2 Å². The fourth-order valence-electron chi connectivity index (χ4n) is 7.23. The lowest BCUT2D eigenvalue weighted by molar-refractivity contribution is 0.0596. The molecule has 7 rings (SSSR count). The maximum absolute atomic E-state index is 6.22. The fourth-order valence-corrected chi connectivity index (χ4v) is 7.48. The van der Waals surface area contributed by atoms with E-state index >= 15 is 0 Å². The van der Waals surface area contributed by atoms with Crippen molar-refractivity contribution < 1.29 is 0 Å². The van der Waals surface area contributed by atoms with Gasteiger partial charge in [0.15, 0.2) is 0 Å². The van der Waals surface area contributed by atoms with E-state index in [9.17, 15) is 0 Å². The number of benzene rings is 5. The van der Waals surface area contributed by atoms with Crippen LogP contribution in [0, 0.1) is 0 Å². The molecule has 242 valence electrons. The summed E-state index contributed by atoms with van der Waals surface area (Å²) in [5.41, 5.74) is 6.72. The molecule has 1 aliphatic heterocycles. The maximum atomic E-state index is 6.22. The number of hydrogen-bond donors (Lipinski definition) is 0. The Morgan fingerprint density at radius 1 is 0.604 bits per heavy atom. The van der Waals surface area contributed by atoms with Crippen molar-refractivity contribution >= 4 is 23.2 Å². The lowest BCUT2D eigenvalue weighted by atomic mass is 9.77.